The molecule has 3 heteroatoms. The lowest BCUT2D eigenvalue weighted by molar-refractivity contribution is 0.136. The van der Waals surface area contributed by atoms with Gasteiger partial charge in [0, 0.05) is 6.07 Å². The van der Waals surface area contributed by atoms with Crippen LogP contribution in [0.1, 0.15) is 32.6 Å². The van der Waals surface area contributed by atoms with Crippen molar-refractivity contribution in [2.75, 3.05) is 5.73 Å². The number of hydrogen-bond acceptors (Lipinski definition) is 2. The zero-order chi connectivity index (χ0) is 11.5. The number of nitrogen functional groups attached to an aromatic ring is 1. The summed E-state index contributed by atoms with van der Waals surface area (Å²) in [4.78, 5) is 0. The Labute approximate surface area is 95.6 Å². The Morgan fingerprint density at radius 3 is 2.56 bits per heavy atom. The summed E-state index contributed by atoms with van der Waals surface area (Å²) < 4.78 is 18.6. The minimum atomic E-state index is -0.317. The van der Waals surface area contributed by atoms with Crippen LogP contribution in [0.15, 0.2) is 18.2 Å². The average molecular weight is 223 g/mol. The maximum Gasteiger partial charge on any atom is 0.142 e. The van der Waals surface area contributed by atoms with E-state index in [1.807, 2.05) is 0 Å². The van der Waals surface area contributed by atoms with Crippen molar-refractivity contribution in [3.05, 3.63) is 24.0 Å². The van der Waals surface area contributed by atoms with E-state index < -0.39 is 0 Å². The number of benzene rings is 1. The minimum Gasteiger partial charge on any atom is -0.488 e. The molecule has 0 unspecified atom stereocenters. The van der Waals surface area contributed by atoms with E-state index in [-0.39, 0.29) is 11.9 Å². The van der Waals surface area contributed by atoms with Gasteiger partial charge < -0.3 is 10.5 Å². The summed E-state index contributed by atoms with van der Waals surface area (Å²) in [7, 11) is 0. The summed E-state index contributed by atoms with van der Waals surface area (Å²) >= 11 is 0. The quantitative estimate of drug-likeness (QED) is 0.780. The fourth-order valence-electron chi connectivity index (χ4n) is 2.15. The Morgan fingerprint density at radius 2 is 1.94 bits per heavy atom. The molecular weight excluding hydrogens is 205 g/mol. The molecular formula is C13H18FNO. The second kappa shape index (κ2) is 4.73. The Balaban J connectivity index is 1.98. The second-order valence-corrected chi connectivity index (χ2v) is 4.68. The predicted octanol–water partition coefficient (Wildman–Crippen LogP) is 3.37. The van der Waals surface area contributed by atoms with Crippen LogP contribution in [0.3, 0.4) is 0 Å². The lowest BCUT2D eigenvalue weighted by atomic mass is 9.89. The van der Waals surface area contributed by atoms with Crippen LogP contribution in [0.4, 0.5) is 10.1 Å². The highest BCUT2D eigenvalue weighted by molar-refractivity contribution is 5.52. The Morgan fingerprint density at radius 1 is 1.25 bits per heavy atom. The molecule has 0 spiro atoms. The molecule has 1 aliphatic rings. The van der Waals surface area contributed by atoms with Crippen molar-refractivity contribution < 1.29 is 9.13 Å². The molecule has 0 heterocycles. The molecule has 2 N–H and O–H groups in total. The van der Waals surface area contributed by atoms with Gasteiger partial charge in [-0.25, -0.2) is 4.39 Å². The van der Waals surface area contributed by atoms with Gasteiger partial charge in [-0.2, -0.15) is 0 Å². The van der Waals surface area contributed by atoms with Gasteiger partial charge in [0.2, 0.25) is 0 Å². The van der Waals surface area contributed by atoms with Gasteiger partial charge >= 0.3 is 0 Å². The van der Waals surface area contributed by atoms with Gasteiger partial charge in [0.1, 0.15) is 11.6 Å². The maximum atomic E-state index is 12.8. The molecule has 0 saturated heterocycles. The van der Waals surface area contributed by atoms with Crippen LogP contribution in [0.25, 0.3) is 0 Å². The molecule has 88 valence electrons. The van der Waals surface area contributed by atoms with E-state index in [2.05, 4.69) is 6.92 Å². The Kier molecular flexibility index (Phi) is 3.32. The first-order chi connectivity index (χ1) is 7.65. The van der Waals surface area contributed by atoms with Crippen LogP contribution in [0.5, 0.6) is 5.75 Å². The smallest absolute Gasteiger partial charge is 0.142 e. The molecule has 0 aliphatic heterocycles. The third kappa shape index (κ3) is 2.65. The van der Waals surface area contributed by atoms with Crippen molar-refractivity contribution >= 4 is 5.69 Å². The summed E-state index contributed by atoms with van der Waals surface area (Å²) in [5.74, 6) is 1.09. The molecule has 0 radical (unpaired) electrons. The molecule has 1 saturated carbocycles. The molecule has 0 bridgehead atoms. The van der Waals surface area contributed by atoms with Gasteiger partial charge in [0.05, 0.1) is 11.8 Å². The number of nitrogens with two attached hydrogens (primary N) is 1. The van der Waals surface area contributed by atoms with Crippen LogP contribution in [0, 0.1) is 11.7 Å². The maximum absolute atomic E-state index is 12.8. The van der Waals surface area contributed by atoms with Crippen molar-refractivity contribution in [1.29, 1.82) is 0 Å². The SMILES string of the molecule is CC1CCC(Oc2ccc(F)cc2N)CC1. The molecule has 0 aromatic heterocycles. The minimum absolute atomic E-state index is 0.240. The first kappa shape index (κ1) is 11.2. The zero-order valence-electron chi connectivity index (χ0n) is 9.58. The van der Waals surface area contributed by atoms with Gasteiger partial charge in [-0.05, 0) is 43.7 Å². The molecule has 1 aromatic rings. The zero-order valence-corrected chi connectivity index (χ0v) is 9.58. The third-order valence-corrected chi connectivity index (χ3v) is 3.23. The number of ether oxygens (including phenoxy) is 1. The van der Waals surface area contributed by atoms with E-state index >= 15 is 0 Å². The highest BCUT2D eigenvalue weighted by Gasteiger charge is 2.20. The third-order valence-electron chi connectivity index (χ3n) is 3.23. The average Bonchev–Trinajstić information content (AvgIpc) is 2.25. The summed E-state index contributed by atoms with van der Waals surface area (Å²) in [6.45, 7) is 2.27. The van der Waals surface area contributed by atoms with E-state index in [9.17, 15) is 4.39 Å². The second-order valence-electron chi connectivity index (χ2n) is 4.68. The molecule has 1 fully saturated rings. The van der Waals surface area contributed by atoms with Gasteiger partial charge in [-0.15, -0.1) is 0 Å². The molecule has 16 heavy (non-hydrogen) atoms. The lowest BCUT2D eigenvalue weighted by Gasteiger charge is -2.27. The van der Waals surface area contributed by atoms with E-state index in [0.717, 1.165) is 18.8 Å². The topological polar surface area (TPSA) is 35.2 Å². The first-order valence-electron chi connectivity index (χ1n) is 5.87. The van der Waals surface area contributed by atoms with Crippen LogP contribution in [-0.4, -0.2) is 6.10 Å². The van der Waals surface area contributed by atoms with Crippen LogP contribution in [-0.2, 0) is 0 Å². The normalized spacial score (nSPS) is 25.4. The monoisotopic (exact) mass is 223 g/mol. The highest BCUT2D eigenvalue weighted by atomic mass is 19.1. The van der Waals surface area contributed by atoms with Crippen molar-refractivity contribution in [1.82, 2.24) is 0 Å². The number of hydrogen-bond donors (Lipinski definition) is 1. The summed E-state index contributed by atoms with van der Waals surface area (Å²) in [5.41, 5.74) is 6.09. The van der Waals surface area contributed by atoms with Gasteiger partial charge in [0.25, 0.3) is 0 Å². The van der Waals surface area contributed by atoms with Crippen LogP contribution < -0.4 is 10.5 Å². The summed E-state index contributed by atoms with van der Waals surface area (Å²) in [5, 5.41) is 0. The van der Waals surface area contributed by atoms with Gasteiger partial charge in [0.15, 0.2) is 0 Å². The van der Waals surface area contributed by atoms with Crippen molar-refractivity contribution in [3.8, 4) is 5.75 Å². The van der Waals surface area contributed by atoms with E-state index in [1.165, 1.54) is 25.0 Å². The highest BCUT2D eigenvalue weighted by Crippen LogP contribution is 2.29. The molecule has 2 rings (SSSR count). The Hall–Kier alpha value is -1.25. The predicted molar refractivity (Wildman–Crippen MR) is 62.9 cm³/mol. The molecule has 0 amide bonds. The van der Waals surface area contributed by atoms with Crippen molar-refractivity contribution in [3.63, 3.8) is 0 Å². The first-order valence-corrected chi connectivity index (χ1v) is 5.87. The molecule has 1 aliphatic carbocycles. The Bertz CT molecular complexity index is 359. The lowest BCUT2D eigenvalue weighted by Crippen LogP contribution is -2.23. The summed E-state index contributed by atoms with van der Waals surface area (Å²) in [6, 6.07) is 4.31. The van der Waals surface area contributed by atoms with Crippen molar-refractivity contribution in [2.45, 2.75) is 38.7 Å². The van der Waals surface area contributed by atoms with E-state index in [4.69, 9.17) is 10.5 Å². The summed E-state index contributed by atoms with van der Waals surface area (Å²) in [6.07, 6.45) is 4.77. The van der Waals surface area contributed by atoms with E-state index in [0.29, 0.717) is 11.4 Å². The van der Waals surface area contributed by atoms with Crippen LogP contribution >= 0.6 is 0 Å². The standard InChI is InChI=1S/C13H18FNO/c1-9-2-5-11(6-3-9)16-13-7-4-10(14)8-12(13)15/h4,7-9,11H,2-3,5-6,15H2,1H3. The number of rotatable bonds is 2. The molecule has 2 nitrogen and oxygen atoms in total. The largest absolute Gasteiger partial charge is 0.488 e. The molecule has 1 aromatic carbocycles. The van der Waals surface area contributed by atoms with Crippen LogP contribution in [0.2, 0.25) is 0 Å². The number of halogens is 1. The van der Waals surface area contributed by atoms with E-state index in [1.54, 1.807) is 6.07 Å². The number of anilines is 1. The fraction of sp³-hybridized carbons (Fsp3) is 0.538. The van der Waals surface area contributed by atoms with Gasteiger partial charge in [-0.3, -0.25) is 0 Å². The van der Waals surface area contributed by atoms with Crippen molar-refractivity contribution in [2.24, 2.45) is 5.92 Å². The molecule has 0 atom stereocenters. The van der Waals surface area contributed by atoms with Gasteiger partial charge in [-0.1, -0.05) is 6.92 Å². The fourth-order valence-corrected chi connectivity index (χ4v) is 2.15.